The largest absolute Gasteiger partial charge is 0.396 e. The van der Waals surface area contributed by atoms with Crippen LogP contribution in [0.3, 0.4) is 0 Å². The van der Waals surface area contributed by atoms with E-state index in [1.807, 2.05) is 12.1 Å². The molecule has 1 aromatic carbocycles. The van der Waals surface area contributed by atoms with Gasteiger partial charge in [0.25, 0.3) is 0 Å². The third-order valence-electron chi connectivity index (χ3n) is 5.82. The zero-order valence-corrected chi connectivity index (χ0v) is 21.8. The van der Waals surface area contributed by atoms with Crippen LogP contribution in [0.5, 0.6) is 0 Å². The van der Waals surface area contributed by atoms with Gasteiger partial charge in [-0.2, -0.15) is 0 Å². The van der Waals surface area contributed by atoms with Crippen LogP contribution in [0, 0.1) is 11.8 Å². The summed E-state index contributed by atoms with van der Waals surface area (Å²) >= 11 is 6.27. The molecule has 172 valence electrons. The van der Waals surface area contributed by atoms with Gasteiger partial charge in [-0.3, -0.25) is 9.89 Å². The Balaban J connectivity index is 0.00000450. The number of halogens is 2. The second-order valence-electron chi connectivity index (χ2n) is 8.15. The van der Waals surface area contributed by atoms with Crippen molar-refractivity contribution in [2.24, 2.45) is 16.8 Å². The molecule has 3 atom stereocenters. The Morgan fingerprint density at radius 1 is 1.30 bits per heavy atom. The lowest BCUT2D eigenvalue weighted by molar-refractivity contribution is 0.122. The molecule has 3 N–H and O–H groups in total. The summed E-state index contributed by atoms with van der Waals surface area (Å²) in [6, 6.07) is 8.64. The lowest BCUT2D eigenvalue weighted by atomic mass is 9.85. The van der Waals surface area contributed by atoms with Crippen LogP contribution in [-0.4, -0.2) is 55.8 Å². The van der Waals surface area contributed by atoms with E-state index in [1.54, 1.807) is 0 Å². The van der Waals surface area contributed by atoms with Gasteiger partial charge in [0, 0.05) is 37.3 Å². The summed E-state index contributed by atoms with van der Waals surface area (Å²) in [7, 11) is 2.21. The minimum Gasteiger partial charge on any atom is -0.396 e. The van der Waals surface area contributed by atoms with Crippen molar-refractivity contribution >= 4 is 41.5 Å². The maximum atomic E-state index is 9.29. The Kier molecular flexibility index (Phi) is 14.0. The third kappa shape index (κ3) is 8.89. The van der Waals surface area contributed by atoms with Crippen molar-refractivity contribution in [2.75, 3.05) is 39.8 Å². The Morgan fingerprint density at radius 3 is 2.77 bits per heavy atom. The lowest BCUT2D eigenvalue weighted by Gasteiger charge is -2.40. The first-order chi connectivity index (χ1) is 14.1. The highest BCUT2D eigenvalue weighted by Gasteiger charge is 2.30. The smallest absolute Gasteiger partial charge is 0.191 e. The number of rotatable bonds is 10. The number of likely N-dealkylation sites (tertiary alicyclic amines) is 1. The lowest BCUT2D eigenvalue weighted by Crippen LogP contribution is -2.45. The minimum absolute atomic E-state index is 0. The Labute approximate surface area is 205 Å². The molecule has 0 aliphatic carbocycles. The molecule has 1 aromatic rings. The molecular weight excluding hydrogens is 511 g/mol. The van der Waals surface area contributed by atoms with Crippen LogP contribution in [0.25, 0.3) is 0 Å². The molecule has 0 saturated carbocycles. The Bertz CT molecular complexity index is 625. The fourth-order valence-corrected chi connectivity index (χ4v) is 4.60. The number of piperidine rings is 1. The summed E-state index contributed by atoms with van der Waals surface area (Å²) < 4.78 is 0. The second-order valence-corrected chi connectivity index (χ2v) is 8.59. The van der Waals surface area contributed by atoms with Gasteiger partial charge in [-0.05, 0) is 75.7 Å². The van der Waals surface area contributed by atoms with Crippen LogP contribution in [0.4, 0.5) is 0 Å². The van der Waals surface area contributed by atoms with Crippen LogP contribution in [0.1, 0.15) is 57.6 Å². The summed E-state index contributed by atoms with van der Waals surface area (Å²) in [5, 5.41) is 17.1. The second kappa shape index (κ2) is 15.3. The first-order valence-electron chi connectivity index (χ1n) is 11.2. The molecule has 1 fully saturated rings. The number of benzene rings is 1. The topological polar surface area (TPSA) is 59.9 Å². The number of nitrogens with one attached hydrogen (secondary N) is 2. The SMILES string of the molecule is CCCC(CCO)CN=C(NCC)NCC1CCCN(C)C1c1cccc(Cl)c1.I. The molecule has 1 aliphatic rings. The number of hydrogen-bond donors (Lipinski definition) is 3. The first-order valence-corrected chi connectivity index (χ1v) is 11.6. The van der Waals surface area contributed by atoms with E-state index in [1.165, 1.54) is 18.4 Å². The molecule has 30 heavy (non-hydrogen) atoms. The molecule has 0 spiro atoms. The van der Waals surface area contributed by atoms with Crippen molar-refractivity contribution < 1.29 is 5.11 Å². The van der Waals surface area contributed by atoms with E-state index >= 15 is 0 Å². The van der Waals surface area contributed by atoms with Crippen LogP contribution in [0.2, 0.25) is 5.02 Å². The van der Waals surface area contributed by atoms with Gasteiger partial charge in [0.05, 0.1) is 0 Å². The molecule has 0 aromatic heterocycles. The summed E-state index contributed by atoms with van der Waals surface area (Å²) in [6.45, 7) is 8.11. The summed E-state index contributed by atoms with van der Waals surface area (Å²) in [5.41, 5.74) is 1.29. The monoisotopic (exact) mass is 550 g/mol. The normalized spacial score (nSPS) is 21.0. The predicted molar refractivity (Wildman–Crippen MR) is 139 cm³/mol. The van der Waals surface area contributed by atoms with Crippen LogP contribution in [0.15, 0.2) is 29.3 Å². The van der Waals surface area contributed by atoms with Gasteiger partial charge in [-0.15, -0.1) is 24.0 Å². The van der Waals surface area contributed by atoms with E-state index < -0.39 is 0 Å². The van der Waals surface area contributed by atoms with Crippen molar-refractivity contribution in [1.82, 2.24) is 15.5 Å². The third-order valence-corrected chi connectivity index (χ3v) is 6.05. The van der Waals surface area contributed by atoms with Crippen molar-refractivity contribution in [1.29, 1.82) is 0 Å². The number of nitrogens with zero attached hydrogens (tertiary/aromatic N) is 2. The fourth-order valence-electron chi connectivity index (χ4n) is 4.40. The van der Waals surface area contributed by atoms with Crippen molar-refractivity contribution in [3.63, 3.8) is 0 Å². The van der Waals surface area contributed by atoms with Gasteiger partial charge in [0.15, 0.2) is 5.96 Å². The molecule has 3 unspecified atom stereocenters. The molecule has 1 aliphatic heterocycles. The van der Waals surface area contributed by atoms with Crippen LogP contribution in [-0.2, 0) is 0 Å². The van der Waals surface area contributed by atoms with Crippen molar-refractivity contribution in [3.05, 3.63) is 34.9 Å². The summed E-state index contributed by atoms with van der Waals surface area (Å²) in [6.07, 6.45) is 5.45. The van der Waals surface area contributed by atoms with E-state index in [0.29, 0.717) is 17.9 Å². The molecular formula is C23H40ClIN4O. The van der Waals surface area contributed by atoms with Gasteiger partial charge in [-0.25, -0.2) is 0 Å². The number of aliphatic hydroxyl groups excluding tert-OH is 1. The van der Waals surface area contributed by atoms with Gasteiger partial charge >= 0.3 is 0 Å². The highest BCUT2D eigenvalue weighted by molar-refractivity contribution is 14.0. The van der Waals surface area contributed by atoms with E-state index in [9.17, 15) is 5.11 Å². The van der Waals surface area contributed by atoms with Crippen LogP contribution < -0.4 is 10.6 Å². The summed E-state index contributed by atoms with van der Waals surface area (Å²) in [4.78, 5) is 7.26. The molecule has 7 heteroatoms. The minimum atomic E-state index is 0. The zero-order valence-electron chi connectivity index (χ0n) is 18.7. The van der Waals surface area contributed by atoms with E-state index in [0.717, 1.165) is 56.4 Å². The molecule has 1 heterocycles. The molecule has 0 radical (unpaired) electrons. The summed E-state index contributed by atoms with van der Waals surface area (Å²) in [5.74, 6) is 1.82. The number of guanidine groups is 1. The number of aliphatic imine (C=N–C) groups is 1. The van der Waals surface area contributed by atoms with Gasteiger partial charge in [0.1, 0.15) is 0 Å². The Morgan fingerprint density at radius 2 is 2.10 bits per heavy atom. The highest BCUT2D eigenvalue weighted by atomic mass is 127. The predicted octanol–water partition coefficient (Wildman–Crippen LogP) is 4.69. The Hall–Kier alpha value is -0.570. The maximum absolute atomic E-state index is 9.29. The van der Waals surface area contributed by atoms with E-state index in [-0.39, 0.29) is 30.6 Å². The first kappa shape index (κ1) is 27.5. The highest BCUT2D eigenvalue weighted by Crippen LogP contribution is 2.35. The number of hydrogen-bond acceptors (Lipinski definition) is 3. The molecule has 0 amide bonds. The molecule has 0 bridgehead atoms. The maximum Gasteiger partial charge on any atom is 0.191 e. The molecule has 2 rings (SSSR count). The molecule has 5 nitrogen and oxygen atoms in total. The van der Waals surface area contributed by atoms with E-state index in [2.05, 4.69) is 48.6 Å². The van der Waals surface area contributed by atoms with E-state index in [4.69, 9.17) is 16.6 Å². The number of aliphatic hydroxyl groups is 1. The standard InChI is InChI=1S/C23H39ClN4O.HI/c1-4-8-18(12-14-29)16-26-23(25-5-2)27-17-20-10-7-13-28(3)22(20)19-9-6-11-21(24)15-19;/h6,9,11,15,18,20,22,29H,4-5,7-8,10,12-14,16-17H2,1-3H3,(H2,25,26,27);1H. The fraction of sp³-hybridized carbons (Fsp3) is 0.696. The average molecular weight is 551 g/mol. The molecule has 1 saturated heterocycles. The zero-order chi connectivity index (χ0) is 21.1. The van der Waals surface area contributed by atoms with Crippen LogP contribution >= 0.6 is 35.6 Å². The van der Waals surface area contributed by atoms with Gasteiger partial charge in [-0.1, -0.05) is 37.1 Å². The van der Waals surface area contributed by atoms with Crippen molar-refractivity contribution in [2.45, 2.75) is 52.0 Å². The van der Waals surface area contributed by atoms with Gasteiger partial charge < -0.3 is 15.7 Å². The van der Waals surface area contributed by atoms with Gasteiger partial charge in [0.2, 0.25) is 0 Å². The van der Waals surface area contributed by atoms with Crippen molar-refractivity contribution in [3.8, 4) is 0 Å². The quantitative estimate of drug-likeness (QED) is 0.225. The average Bonchev–Trinajstić information content (AvgIpc) is 2.70.